The van der Waals surface area contributed by atoms with E-state index in [1.165, 1.54) is 25.7 Å². The van der Waals surface area contributed by atoms with E-state index in [-0.39, 0.29) is 6.10 Å². The van der Waals surface area contributed by atoms with Crippen LogP contribution in [0.25, 0.3) is 0 Å². The second-order valence-electron chi connectivity index (χ2n) is 3.85. The zero-order chi connectivity index (χ0) is 10.1. The highest BCUT2D eigenvalue weighted by Crippen LogP contribution is 2.19. The smallest absolute Gasteiger partial charge is 0.0690 e. The third kappa shape index (κ3) is 6.05. The molecule has 2 heteroatoms. The van der Waals surface area contributed by atoms with Crippen molar-refractivity contribution in [1.82, 2.24) is 0 Å². The second-order valence-corrected chi connectivity index (χ2v) is 3.85. The van der Waals surface area contributed by atoms with Gasteiger partial charge in [-0.2, -0.15) is 0 Å². The fourth-order valence-corrected chi connectivity index (χ4v) is 1.65. The summed E-state index contributed by atoms with van der Waals surface area (Å²) in [4.78, 5) is 0. The molecular weight excluding hydrogens is 162 g/mol. The number of rotatable bonds is 8. The SMILES string of the molecule is CCCCC(CCCC)C(O)CN. The van der Waals surface area contributed by atoms with Gasteiger partial charge in [-0.3, -0.25) is 0 Å². The minimum Gasteiger partial charge on any atom is -0.392 e. The van der Waals surface area contributed by atoms with Gasteiger partial charge in [0, 0.05) is 6.54 Å². The summed E-state index contributed by atoms with van der Waals surface area (Å²) < 4.78 is 0. The lowest BCUT2D eigenvalue weighted by molar-refractivity contribution is 0.102. The zero-order valence-corrected chi connectivity index (χ0v) is 9.13. The summed E-state index contributed by atoms with van der Waals surface area (Å²) in [6.45, 7) is 4.79. The lowest BCUT2D eigenvalue weighted by Crippen LogP contribution is -2.28. The Morgan fingerprint density at radius 1 is 1.08 bits per heavy atom. The Kier molecular flexibility index (Phi) is 8.46. The quantitative estimate of drug-likeness (QED) is 0.612. The summed E-state index contributed by atoms with van der Waals surface area (Å²) in [6.07, 6.45) is 6.83. The Morgan fingerprint density at radius 2 is 1.54 bits per heavy atom. The molecule has 2 nitrogen and oxygen atoms in total. The highest BCUT2D eigenvalue weighted by molar-refractivity contribution is 4.69. The van der Waals surface area contributed by atoms with Crippen molar-refractivity contribution in [3.05, 3.63) is 0 Å². The molecule has 0 fully saturated rings. The first-order valence-corrected chi connectivity index (χ1v) is 5.64. The summed E-state index contributed by atoms with van der Waals surface area (Å²) in [5.41, 5.74) is 5.47. The van der Waals surface area contributed by atoms with Crippen LogP contribution in [0.5, 0.6) is 0 Å². The van der Waals surface area contributed by atoms with Gasteiger partial charge in [0.25, 0.3) is 0 Å². The van der Waals surface area contributed by atoms with Gasteiger partial charge in [-0.1, -0.05) is 39.5 Å². The van der Waals surface area contributed by atoms with Gasteiger partial charge in [-0.15, -0.1) is 0 Å². The van der Waals surface area contributed by atoms with Crippen molar-refractivity contribution >= 4 is 0 Å². The van der Waals surface area contributed by atoms with Gasteiger partial charge >= 0.3 is 0 Å². The Balaban J connectivity index is 3.72. The molecule has 3 N–H and O–H groups in total. The molecule has 0 aliphatic heterocycles. The summed E-state index contributed by atoms with van der Waals surface area (Å²) in [7, 11) is 0. The standard InChI is InChI=1S/C11H25NO/c1-3-5-7-10(8-6-4-2)11(13)9-12/h10-11,13H,3-9,12H2,1-2H3. The predicted octanol–water partition coefficient (Wildman–Crippen LogP) is 2.30. The Hall–Kier alpha value is -0.0800. The monoisotopic (exact) mass is 187 g/mol. The minimum absolute atomic E-state index is 0.280. The van der Waals surface area contributed by atoms with Crippen LogP contribution < -0.4 is 5.73 Å². The maximum absolute atomic E-state index is 9.65. The molecule has 0 amide bonds. The van der Waals surface area contributed by atoms with Gasteiger partial charge in [0.1, 0.15) is 0 Å². The van der Waals surface area contributed by atoms with E-state index >= 15 is 0 Å². The fourth-order valence-electron chi connectivity index (χ4n) is 1.65. The molecule has 1 unspecified atom stereocenters. The molecule has 0 aromatic rings. The van der Waals surface area contributed by atoms with E-state index in [9.17, 15) is 5.11 Å². The Morgan fingerprint density at radius 3 is 1.85 bits per heavy atom. The molecule has 80 valence electrons. The van der Waals surface area contributed by atoms with E-state index < -0.39 is 0 Å². The van der Waals surface area contributed by atoms with Crippen molar-refractivity contribution in [2.75, 3.05) is 6.54 Å². The number of hydrogen-bond acceptors (Lipinski definition) is 2. The fraction of sp³-hybridized carbons (Fsp3) is 1.00. The number of aliphatic hydroxyl groups excluding tert-OH is 1. The topological polar surface area (TPSA) is 46.2 Å². The largest absolute Gasteiger partial charge is 0.392 e. The number of nitrogens with two attached hydrogens (primary N) is 1. The molecule has 0 rings (SSSR count). The molecule has 0 aromatic carbocycles. The van der Waals surface area contributed by atoms with Gasteiger partial charge in [-0.25, -0.2) is 0 Å². The van der Waals surface area contributed by atoms with Crippen LogP contribution in [0.3, 0.4) is 0 Å². The molecule has 0 heterocycles. The lowest BCUT2D eigenvalue weighted by atomic mass is 9.91. The first-order chi connectivity index (χ1) is 6.26. The van der Waals surface area contributed by atoms with Crippen LogP contribution in [0.4, 0.5) is 0 Å². The molecule has 0 saturated carbocycles. The van der Waals surface area contributed by atoms with Crippen molar-refractivity contribution in [2.24, 2.45) is 11.7 Å². The van der Waals surface area contributed by atoms with Crippen molar-refractivity contribution in [3.8, 4) is 0 Å². The molecule has 1 atom stereocenters. The van der Waals surface area contributed by atoms with E-state index in [2.05, 4.69) is 13.8 Å². The highest BCUT2D eigenvalue weighted by atomic mass is 16.3. The third-order valence-corrected chi connectivity index (χ3v) is 2.64. The van der Waals surface area contributed by atoms with Crippen molar-refractivity contribution in [3.63, 3.8) is 0 Å². The number of hydrogen-bond donors (Lipinski definition) is 2. The van der Waals surface area contributed by atoms with E-state index in [4.69, 9.17) is 5.73 Å². The highest BCUT2D eigenvalue weighted by Gasteiger charge is 2.16. The van der Waals surface area contributed by atoms with E-state index in [0.29, 0.717) is 12.5 Å². The molecule has 0 radical (unpaired) electrons. The van der Waals surface area contributed by atoms with Crippen LogP contribution in [0, 0.1) is 5.92 Å². The maximum atomic E-state index is 9.65. The summed E-state index contributed by atoms with van der Waals surface area (Å²) >= 11 is 0. The summed E-state index contributed by atoms with van der Waals surface area (Å²) in [6, 6.07) is 0. The molecule has 0 aliphatic carbocycles. The van der Waals surface area contributed by atoms with Crippen LogP contribution in [-0.4, -0.2) is 17.8 Å². The Bertz CT molecular complexity index is 98.3. The van der Waals surface area contributed by atoms with Gasteiger partial charge in [0.05, 0.1) is 6.10 Å². The summed E-state index contributed by atoms with van der Waals surface area (Å²) in [5, 5.41) is 9.65. The average Bonchev–Trinajstić information content (AvgIpc) is 2.17. The van der Waals surface area contributed by atoms with Crippen molar-refractivity contribution < 1.29 is 5.11 Å². The van der Waals surface area contributed by atoms with E-state index in [0.717, 1.165) is 12.8 Å². The lowest BCUT2D eigenvalue weighted by Gasteiger charge is -2.21. The second kappa shape index (κ2) is 8.52. The first kappa shape index (κ1) is 12.9. The molecular formula is C11H25NO. The predicted molar refractivity (Wildman–Crippen MR) is 57.6 cm³/mol. The molecule has 0 bridgehead atoms. The van der Waals surface area contributed by atoms with Crippen LogP contribution in [0.1, 0.15) is 52.4 Å². The van der Waals surface area contributed by atoms with E-state index in [1.807, 2.05) is 0 Å². The summed E-state index contributed by atoms with van der Waals surface area (Å²) in [5.74, 6) is 0.435. The van der Waals surface area contributed by atoms with Crippen LogP contribution >= 0.6 is 0 Å². The Labute approximate surface area is 82.5 Å². The van der Waals surface area contributed by atoms with Gasteiger partial charge in [0.2, 0.25) is 0 Å². The van der Waals surface area contributed by atoms with Gasteiger partial charge < -0.3 is 10.8 Å². The first-order valence-electron chi connectivity index (χ1n) is 5.64. The normalized spacial score (nSPS) is 13.6. The molecule has 0 aliphatic rings. The van der Waals surface area contributed by atoms with Gasteiger partial charge in [0.15, 0.2) is 0 Å². The molecule has 0 saturated heterocycles. The van der Waals surface area contributed by atoms with Crippen molar-refractivity contribution in [2.45, 2.75) is 58.5 Å². The molecule has 13 heavy (non-hydrogen) atoms. The van der Waals surface area contributed by atoms with Crippen LogP contribution in [-0.2, 0) is 0 Å². The minimum atomic E-state index is -0.280. The molecule has 0 spiro atoms. The zero-order valence-electron chi connectivity index (χ0n) is 9.13. The van der Waals surface area contributed by atoms with Crippen molar-refractivity contribution in [1.29, 1.82) is 0 Å². The third-order valence-electron chi connectivity index (χ3n) is 2.64. The number of unbranched alkanes of at least 4 members (excludes halogenated alkanes) is 2. The van der Waals surface area contributed by atoms with Gasteiger partial charge in [-0.05, 0) is 18.8 Å². The number of aliphatic hydroxyl groups is 1. The van der Waals surface area contributed by atoms with Crippen LogP contribution in [0.15, 0.2) is 0 Å². The maximum Gasteiger partial charge on any atom is 0.0690 e. The van der Waals surface area contributed by atoms with Crippen LogP contribution in [0.2, 0.25) is 0 Å². The molecule has 0 aromatic heterocycles. The van der Waals surface area contributed by atoms with E-state index in [1.54, 1.807) is 0 Å². The average molecular weight is 187 g/mol.